The second kappa shape index (κ2) is 7.27. The summed E-state index contributed by atoms with van der Waals surface area (Å²) in [5, 5.41) is 0. The topological polar surface area (TPSA) is 44.5 Å². The van der Waals surface area contributed by atoms with Gasteiger partial charge < -0.3 is 15.2 Å². The van der Waals surface area contributed by atoms with Crippen LogP contribution in [-0.4, -0.2) is 20.8 Å². The summed E-state index contributed by atoms with van der Waals surface area (Å²) in [4.78, 5) is 0. The largest absolute Gasteiger partial charge is 0.493 e. The molecule has 0 aromatic heterocycles. The van der Waals surface area contributed by atoms with E-state index >= 15 is 0 Å². The van der Waals surface area contributed by atoms with Gasteiger partial charge in [-0.25, -0.2) is 0 Å². The molecule has 18 heavy (non-hydrogen) atoms. The molecule has 3 nitrogen and oxygen atoms in total. The number of rotatable bonds is 7. The molecular weight excluding hydrogens is 226 g/mol. The van der Waals surface area contributed by atoms with Crippen LogP contribution in [0.5, 0.6) is 11.5 Å². The van der Waals surface area contributed by atoms with Crippen molar-refractivity contribution in [3.63, 3.8) is 0 Å². The Hall–Kier alpha value is -1.22. The molecule has 0 aliphatic rings. The van der Waals surface area contributed by atoms with Crippen molar-refractivity contribution in [1.29, 1.82) is 0 Å². The molecule has 3 heteroatoms. The summed E-state index contributed by atoms with van der Waals surface area (Å²) >= 11 is 0. The molecule has 102 valence electrons. The zero-order valence-electron chi connectivity index (χ0n) is 12.0. The lowest BCUT2D eigenvalue weighted by atomic mass is 9.97. The van der Waals surface area contributed by atoms with Crippen molar-refractivity contribution >= 4 is 0 Å². The van der Waals surface area contributed by atoms with E-state index < -0.39 is 0 Å². The van der Waals surface area contributed by atoms with E-state index in [-0.39, 0.29) is 0 Å². The molecule has 1 aromatic rings. The Kier molecular flexibility index (Phi) is 5.99. The van der Waals surface area contributed by atoms with Gasteiger partial charge in [0.2, 0.25) is 0 Å². The van der Waals surface area contributed by atoms with Crippen LogP contribution >= 0.6 is 0 Å². The van der Waals surface area contributed by atoms with Crippen LogP contribution in [0.3, 0.4) is 0 Å². The number of hydrogen-bond acceptors (Lipinski definition) is 3. The fraction of sp³-hybridized carbons (Fsp3) is 0.600. The van der Waals surface area contributed by atoms with E-state index in [0.717, 1.165) is 37.3 Å². The quantitative estimate of drug-likeness (QED) is 0.757. The molecule has 0 radical (unpaired) electrons. The van der Waals surface area contributed by atoms with Crippen LogP contribution in [0.1, 0.15) is 43.7 Å². The second-order valence-corrected chi connectivity index (χ2v) is 4.82. The van der Waals surface area contributed by atoms with Gasteiger partial charge in [0.05, 0.1) is 14.2 Å². The predicted molar refractivity (Wildman–Crippen MR) is 75.6 cm³/mol. The van der Waals surface area contributed by atoms with Crippen LogP contribution in [0.2, 0.25) is 0 Å². The first-order chi connectivity index (χ1) is 8.63. The Morgan fingerprint density at radius 1 is 1.11 bits per heavy atom. The molecule has 0 atom stereocenters. The van der Waals surface area contributed by atoms with Gasteiger partial charge in [-0.3, -0.25) is 0 Å². The highest BCUT2D eigenvalue weighted by molar-refractivity contribution is 5.50. The normalized spacial score (nSPS) is 10.8. The van der Waals surface area contributed by atoms with Gasteiger partial charge in [-0.05, 0) is 48.9 Å². The fourth-order valence-corrected chi connectivity index (χ4v) is 2.05. The lowest BCUT2D eigenvalue weighted by molar-refractivity contribution is 0.350. The average molecular weight is 251 g/mol. The molecule has 0 heterocycles. The molecule has 0 saturated heterocycles. The standard InChI is InChI=1S/C15H25NO2/c1-11(2)13-9-12(7-5-6-8-16)15(18-4)14(10-13)17-3/h9-11H,5-8,16H2,1-4H3. The number of unbranched alkanes of at least 4 members (excludes halogenated alkanes) is 1. The van der Waals surface area contributed by atoms with Gasteiger partial charge in [0.25, 0.3) is 0 Å². The van der Waals surface area contributed by atoms with Crippen LogP contribution in [0.4, 0.5) is 0 Å². The molecule has 0 bridgehead atoms. The zero-order valence-corrected chi connectivity index (χ0v) is 12.0. The van der Waals surface area contributed by atoms with Crippen LogP contribution in [0, 0.1) is 0 Å². The molecule has 1 rings (SSSR count). The maximum atomic E-state index is 5.54. The number of hydrogen-bond donors (Lipinski definition) is 1. The minimum atomic E-state index is 0.484. The van der Waals surface area contributed by atoms with Crippen molar-refractivity contribution in [2.75, 3.05) is 20.8 Å². The Labute approximate surface area is 110 Å². The van der Waals surface area contributed by atoms with E-state index in [1.165, 1.54) is 11.1 Å². The summed E-state index contributed by atoms with van der Waals surface area (Å²) < 4.78 is 10.9. The van der Waals surface area contributed by atoms with Crippen LogP contribution in [0.15, 0.2) is 12.1 Å². The maximum Gasteiger partial charge on any atom is 0.163 e. The van der Waals surface area contributed by atoms with Crippen molar-refractivity contribution in [2.45, 2.75) is 39.0 Å². The first-order valence-corrected chi connectivity index (χ1v) is 6.58. The van der Waals surface area contributed by atoms with E-state index in [2.05, 4.69) is 26.0 Å². The smallest absolute Gasteiger partial charge is 0.163 e. The van der Waals surface area contributed by atoms with Gasteiger partial charge in [-0.15, -0.1) is 0 Å². The first-order valence-electron chi connectivity index (χ1n) is 6.58. The van der Waals surface area contributed by atoms with E-state index in [4.69, 9.17) is 15.2 Å². The van der Waals surface area contributed by atoms with E-state index in [1.807, 2.05) is 0 Å². The van der Waals surface area contributed by atoms with Gasteiger partial charge in [0.1, 0.15) is 0 Å². The van der Waals surface area contributed by atoms with Gasteiger partial charge in [0, 0.05) is 0 Å². The van der Waals surface area contributed by atoms with Crippen molar-refractivity contribution < 1.29 is 9.47 Å². The first kappa shape index (κ1) is 14.8. The minimum Gasteiger partial charge on any atom is -0.493 e. The highest BCUT2D eigenvalue weighted by Gasteiger charge is 2.13. The molecular formula is C15H25NO2. The van der Waals surface area contributed by atoms with Crippen molar-refractivity contribution in [3.05, 3.63) is 23.3 Å². The molecule has 0 fully saturated rings. The monoisotopic (exact) mass is 251 g/mol. The number of ether oxygens (including phenoxy) is 2. The van der Waals surface area contributed by atoms with Crippen molar-refractivity contribution in [2.24, 2.45) is 5.73 Å². The Morgan fingerprint density at radius 3 is 2.33 bits per heavy atom. The van der Waals surface area contributed by atoms with Gasteiger partial charge in [0.15, 0.2) is 11.5 Å². The average Bonchev–Trinajstić information content (AvgIpc) is 2.37. The predicted octanol–water partition coefficient (Wildman–Crippen LogP) is 3.11. The summed E-state index contributed by atoms with van der Waals surface area (Å²) in [5.74, 6) is 2.17. The fourth-order valence-electron chi connectivity index (χ4n) is 2.05. The van der Waals surface area contributed by atoms with Gasteiger partial charge in [-0.1, -0.05) is 19.9 Å². The molecule has 0 aliphatic carbocycles. The second-order valence-electron chi connectivity index (χ2n) is 4.82. The summed E-state index contributed by atoms with van der Waals surface area (Å²) in [7, 11) is 3.38. The number of aryl methyl sites for hydroxylation is 1. The summed E-state index contributed by atoms with van der Waals surface area (Å²) in [6.45, 7) is 5.11. The number of nitrogens with two attached hydrogens (primary N) is 1. The van der Waals surface area contributed by atoms with E-state index in [1.54, 1.807) is 14.2 Å². The number of benzene rings is 1. The third-order valence-electron chi connectivity index (χ3n) is 3.15. The summed E-state index contributed by atoms with van der Waals surface area (Å²) in [6.07, 6.45) is 3.10. The lowest BCUT2D eigenvalue weighted by Crippen LogP contribution is -2.02. The van der Waals surface area contributed by atoms with E-state index in [0.29, 0.717) is 5.92 Å². The minimum absolute atomic E-state index is 0.484. The van der Waals surface area contributed by atoms with Gasteiger partial charge in [-0.2, -0.15) is 0 Å². The third-order valence-corrected chi connectivity index (χ3v) is 3.15. The Morgan fingerprint density at radius 2 is 1.83 bits per heavy atom. The van der Waals surface area contributed by atoms with E-state index in [9.17, 15) is 0 Å². The SMILES string of the molecule is COc1cc(C(C)C)cc(CCCCN)c1OC. The molecule has 0 amide bonds. The lowest BCUT2D eigenvalue weighted by Gasteiger charge is -2.16. The van der Waals surface area contributed by atoms with Crippen molar-refractivity contribution in [1.82, 2.24) is 0 Å². The van der Waals surface area contributed by atoms with Crippen LogP contribution in [-0.2, 0) is 6.42 Å². The molecule has 1 aromatic carbocycles. The highest BCUT2D eigenvalue weighted by atomic mass is 16.5. The third kappa shape index (κ3) is 3.64. The number of methoxy groups -OCH3 is 2. The Balaban J connectivity index is 3.06. The van der Waals surface area contributed by atoms with Crippen LogP contribution in [0.25, 0.3) is 0 Å². The molecule has 0 unspecified atom stereocenters. The summed E-state index contributed by atoms with van der Waals surface area (Å²) in [5.41, 5.74) is 8.05. The Bertz CT molecular complexity index is 375. The maximum absolute atomic E-state index is 5.54. The van der Waals surface area contributed by atoms with Crippen molar-refractivity contribution in [3.8, 4) is 11.5 Å². The molecule has 0 spiro atoms. The zero-order chi connectivity index (χ0) is 13.5. The summed E-state index contributed by atoms with van der Waals surface area (Å²) in [6, 6.07) is 4.29. The van der Waals surface area contributed by atoms with Gasteiger partial charge >= 0.3 is 0 Å². The molecule has 0 aliphatic heterocycles. The molecule has 0 saturated carbocycles. The highest BCUT2D eigenvalue weighted by Crippen LogP contribution is 2.35. The molecule has 2 N–H and O–H groups in total. The van der Waals surface area contributed by atoms with Crippen LogP contribution < -0.4 is 15.2 Å².